The molecule has 2 heteroatoms. The van der Waals surface area contributed by atoms with Crippen LogP contribution in [-0.4, -0.2) is 11.1 Å². The quantitative estimate of drug-likeness (QED) is 0.860. The van der Waals surface area contributed by atoms with Crippen molar-refractivity contribution >= 4 is 0 Å². The predicted octanol–water partition coefficient (Wildman–Crippen LogP) is 3.94. The molecule has 0 saturated heterocycles. The van der Waals surface area contributed by atoms with Gasteiger partial charge in [-0.15, -0.1) is 0 Å². The van der Waals surface area contributed by atoms with Gasteiger partial charge in [-0.1, -0.05) is 45.4 Å². The van der Waals surface area contributed by atoms with Crippen LogP contribution in [0.25, 0.3) is 0 Å². The normalized spacial score (nSPS) is 27.7. The average Bonchev–Trinajstić information content (AvgIpc) is 2.37. The standard InChI is InChI=1S/C17H27NO/c1-12(2)15-9-8-13(3)10-16(15)18-11-14-6-4-5-7-17(14)19/h4-7,12-13,15-16,18-19H,8-11H2,1-3H3. The van der Waals surface area contributed by atoms with Crippen LogP contribution in [0.5, 0.6) is 5.75 Å². The Bertz CT molecular complexity index is 402. The third-order valence-electron chi connectivity index (χ3n) is 4.57. The summed E-state index contributed by atoms with van der Waals surface area (Å²) in [4.78, 5) is 0. The Hall–Kier alpha value is -1.02. The summed E-state index contributed by atoms with van der Waals surface area (Å²) in [5, 5.41) is 13.5. The molecule has 1 aliphatic rings. The lowest BCUT2D eigenvalue weighted by Crippen LogP contribution is -2.42. The number of benzene rings is 1. The van der Waals surface area contributed by atoms with Gasteiger partial charge in [0.2, 0.25) is 0 Å². The largest absolute Gasteiger partial charge is 0.508 e. The van der Waals surface area contributed by atoms with Crippen molar-refractivity contribution in [2.24, 2.45) is 17.8 Å². The smallest absolute Gasteiger partial charge is 0.120 e. The van der Waals surface area contributed by atoms with E-state index in [1.165, 1.54) is 19.3 Å². The first-order valence-corrected chi connectivity index (χ1v) is 7.58. The first kappa shape index (κ1) is 14.4. The highest BCUT2D eigenvalue weighted by molar-refractivity contribution is 5.31. The Morgan fingerprint density at radius 1 is 1.26 bits per heavy atom. The van der Waals surface area contributed by atoms with Crippen molar-refractivity contribution in [1.29, 1.82) is 0 Å². The van der Waals surface area contributed by atoms with Crippen LogP contribution in [0.1, 0.15) is 45.6 Å². The zero-order chi connectivity index (χ0) is 13.8. The van der Waals surface area contributed by atoms with E-state index in [9.17, 15) is 5.11 Å². The van der Waals surface area contributed by atoms with E-state index in [4.69, 9.17) is 0 Å². The minimum Gasteiger partial charge on any atom is -0.508 e. The van der Waals surface area contributed by atoms with Crippen LogP contribution in [0, 0.1) is 17.8 Å². The van der Waals surface area contributed by atoms with E-state index in [0.29, 0.717) is 11.8 Å². The summed E-state index contributed by atoms with van der Waals surface area (Å²) in [7, 11) is 0. The van der Waals surface area contributed by atoms with Crippen LogP contribution in [0.15, 0.2) is 24.3 Å². The lowest BCUT2D eigenvalue weighted by molar-refractivity contribution is 0.169. The lowest BCUT2D eigenvalue weighted by atomic mass is 9.74. The van der Waals surface area contributed by atoms with E-state index >= 15 is 0 Å². The second kappa shape index (κ2) is 6.42. The number of phenolic OH excluding ortho intramolecular Hbond substituents is 1. The fourth-order valence-corrected chi connectivity index (χ4v) is 3.34. The maximum Gasteiger partial charge on any atom is 0.120 e. The van der Waals surface area contributed by atoms with Gasteiger partial charge in [-0.3, -0.25) is 0 Å². The molecule has 3 unspecified atom stereocenters. The highest BCUT2D eigenvalue weighted by atomic mass is 16.3. The lowest BCUT2D eigenvalue weighted by Gasteiger charge is -2.38. The number of hydrogen-bond acceptors (Lipinski definition) is 2. The van der Waals surface area contributed by atoms with Gasteiger partial charge in [0, 0.05) is 18.2 Å². The summed E-state index contributed by atoms with van der Waals surface area (Å²) in [5.74, 6) is 2.72. The van der Waals surface area contributed by atoms with Gasteiger partial charge in [0.25, 0.3) is 0 Å². The van der Waals surface area contributed by atoms with Gasteiger partial charge in [-0.25, -0.2) is 0 Å². The van der Waals surface area contributed by atoms with Gasteiger partial charge in [0.05, 0.1) is 0 Å². The molecule has 0 bridgehead atoms. The van der Waals surface area contributed by atoms with E-state index in [1.54, 1.807) is 6.07 Å². The number of nitrogens with one attached hydrogen (secondary N) is 1. The van der Waals surface area contributed by atoms with Crippen molar-refractivity contribution in [3.05, 3.63) is 29.8 Å². The molecule has 1 fully saturated rings. The molecule has 0 aliphatic heterocycles. The van der Waals surface area contributed by atoms with Crippen LogP contribution < -0.4 is 5.32 Å². The monoisotopic (exact) mass is 261 g/mol. The summed E-state index contributed by atoms with van der Waals surface area (Å²) < 4.78 is 0. The fraction of sp³-hybridized carbons (Fsp3) is 0.647. The SMILES string of the molecule is CC1CCC(C(C)C)C(NCc2ccccc2O)C1. The zero-order valence-electron chi connectivity index (χ0n) is 12.4. The maximum absolute atomic E-state index is 9.83. The average molecular weight is 261 g/mol. The molecule has 0 spiro atoms. The summed E-state index contributed by atoms with van der Waals surface area (Å²) in [5.41, 5.74) is 1.00. The van der Waals surface area contributed by atoms with Crippen molar-refractivity contribution in [3.8, 4) is 5.75 Å². The number of aromatic hydroxyl groups is 1. The van der Waals surface area contributed by atoms with Crippen LogP contribution in [0.3, 0.4) is 0 Å². The highest BCUT2D eigenvalue weighted by Crippen LogP contribution is 2.33. The molecule has 1 aliphatic carbocycles. The Morgan fingerprint density at radius 2 is 2.00 bits per heavy atom. The first-order chi connectivity index (χ1) is 9.08. The van der Waals surface area contributed by atoms with E-state index in [1.807, 2.05) is 18.2 Å². The molecule has 0 amide bonds. The summed E-state index contributed by atoms with van der Waals surface area (Å²) in [6.07, 6.45) is 3.95. The van der Waals surface area contributed by atoms with Crippen molar-refractivity contribution < 1.29 is 5.11 Å². The minimum absolute atomic E-state index is 0.403. The van der Waals surface area contributed by atoms with Gasteiger partial charge in [0.1, 0.15) is 5.75 Å². The zero-order valence-corrected chi connectivity index (χ0v) is 12.4. The molecule has 2 N–H and O–H groups in total. The van der Waals surface area contributed by atoms with Crippen LogP contribution >= 0.6 is 0 Å². The third kappa shape index (κ3) is 3.73. The molecular weight excluding hydrogens is 234 g/mol. The molecule has 0 aromatic heterocycles. The second-order valence-electron chi connectivity index (χ2n) is 6.44. The molecule has 1 aromatic rings. The summed E-state index contributed by atoms with van der Waals surface area (Å²) >= 11 is 0. The van der Waals surface area contributed by atoms with Crippen molar-refractivity contribution in [2.75, 3.05) is 0 Å². The fourth-order valence-electron chi connectivity index (χ4n) is 3.34. The molecule has 1 aromatic carbocycles. The molecule has 106 valence electrons. The van der Waals surface area contributed by atoms with Gasteiger partial charge in [-0.2, -0.15) is 0 Å². The van der Waals surface area contributed by atoms with Crippen LogP contribution in [0.2, 0.25) is 0 Å². The molecule has 3 atom stereocenters. The van der Waals surface area contributed by atoms with Gasteiger partial charge in [0.15, 0.2) is 0 Å². The third-order valence-corrected chi connectivity index (χ3v) is 4.57. The maximum atomic E-state index is 9.83. The van der Waals surface area contributed by atoms with Gasteiger partial charge in [-0.05, 0) is 36.7 Å². The van der Waals surface area contributed by atoms with E-state index < -0.39 is 0 Å². The molecule has 2 rings (SSSR count). The Kier molecular flexibility index (Phi) is 4.87. The van der Waals surface area contributed by atoms with E-state index in [-0.39, 0.29) is 0 Å². The Morgan fingerprint density at radius 3 is 2.68 bits per heavy atom. The Balaban J connectivity index is 1.97. The number of hydrogen-bond donors (Lipinski definition) is 2. The van der Waals surface area contributed by atoms with E-state index in [0.717, 1.165) is 29.9 Å². The van der Waals surface area contributed by atoms with Crippen LogP contribution in [0.4, 0.5) is 0 Å². The van der Waals surface area contributed by atoms with Crippen molar-refractivity contribution in [2.45, 2.75) is 52.6 Å². The summed E-state index contributed by atoms with van der Waals surface area (Å²) in [6, 6.07) is 8.21. The van der Waals surface area contributed by atoms with Crippen molar-refractivity contribution in [3.63, 3.8) is 0 Å². The molecular formula is C17H27NO. The number of phenols is 1. The van der Waals surface area contributed by atoms with Crippen LogP contribution in [-0.2, 0) is 6.54 Å². The molecule has 19 heavy (non-hydrogen) atoms. The topological polar surface area (TPSA) is 32.3 Å². The van der Waals surface area contributed by atoms with Gasteiger partial charge < -0.3 is 10.4 Å². The predicted molar refractivity (Wildman–Crippen MR) is 80.1 cm³/mol. The molecule has 0 radical (unpaired) electrons. The summed E-state index contributed by atoms with van der Waals surface area (Å²) in [6.45, 7) is 7.78. The first-order valence-electron chi connectivity index (χ1n) is 7.58. The van der Waals surface area contributed by atoms with Gasteiger partial charge >= 0.3 is 0 Å². The second-order valence-corrected chi connectivity index (χ2v) is 6.44. The number of para-hydroxylation sites is 1. The minimum atomic E-state index is 0.403. The molecule has 1 saturated carbocycles. The number of rotatable bonds is 4. The molecule has 2 nitrogen and oxygen atoms in total. The van der Waals surface area contributed by atoms with Crippen molar-refractivity contribution in [1.82, 2.24) is 5.32 Å². The molecule has 0 heterocycles. The Labute approximate surface area is 117 Å². The van der Waals surface area contributed by atoms with E-state index in [2.05, 4.69) is 26.1 Å². The highest BCUT2D eigenvalue weighted by Gasteiger charge is 2.30.